The van der Waals surface area contributed by atoms with Crippen LogP contribution in [0.15, 0.2) is 11.6 Å². The largest absolute Gasteiger partial charge is 0.465 e. The summed E-state index contributed by atoms with van der Waals surface area (Å²) in [7, 11) is 0. The van der Waals surface area contributed by atoms with E-state index in [-0.39, 0.29) is 11.9 Å². The molecule has 0 aromatic rings. The second-order valence-electron chi connectivity index (χ2n) is 5.23. The van der Waals surface area contributed by atoms with E-state index in [0.29, 0.717) is 12.5 Å². The first-order chi connectivity index (χ1) is 7.97. The molecule has 0 aliphatic heterocycles. The lowest BCUT2D eigenvalue weighted by atomic mass is 10.0. The number of esters is 1. The van der Waals surface area contributed by atoms with Crippen LogP contribution in [0, 0.1) is 11.8 Å². The summed E-state index contributed by atoms with van der Waals surface area (Å²) in [6, 6.07) is 0. The van der Waals surface area contributed by atoms with Crippen molar-refractivity contribution in [2.45, 2.75) is 60.3 Å². The quantitative estimate of drug-likeness (QED) is 0.466. The summed E-state index contributed by atoms with van der Waals surface area (Å²) in [5.74, 6) is 0.607. The first kappa shape index (κ1) is 16.2. The van der Waals surface area contributed by atoms with E-state index in [2.05, 4.69) is 26.8 Å². The van der Waals surface area contributed by atoms with Gasteiger partial charge in [0.15, 0.2) is 0 Å². The van der Waals surface area contributed by atoms with Crippen molar-refractivity contribution in [1.82, 2.24) is 0 Å². The van der Waals surface area contributed by atoms with E-state index < -0.39 is 0 Å². The summed E-state index contributed by atoms with van der Waals surface area (Å²) in [6.07, 6.45) is 6.39. The van der Waals surface area contributed by atoms with Crippen LogP contribution in [0.2, 0.25) is 0 Å². The molecule has 0 N–H and O–H groups in total. The Hall–Kier alpha value is -0.790. The van der Waals surface area contributed by atoms with E-state index >= 15 is 0 Å². The molecule has 0 aromatic carbocycles. The fourth-order valence-electron chi connectivity index (χ4n) is 1.47. The zero-order valence-corrected chi connectivity index (χ0v) is 12.1. The lowest BCUT2D eigenvalue weighted by molar-refractivity contribution is -0.148. The van der Waals surface area contributed by atoms with Crippen LogP contribution >= 0.6 is 0 Å². The van der Waals surface area contributed by atoms with Crippen LogP contribution in [0.3, 0.4) is 0 Å². The Balaban J connectivity index is 3.61. The summed E-state index contributed by atoms with van der Waals surface area (Å²) in [4.78, 5) is 11.4. The molecular weight excluding hydrogens is 212 g/mol. The monoisotopic (exact) mass is 240 g/mol. The fourth-order valence-corrected chi connectivity index (χ4v) is 1.47. The standard InChI is InChI=1S/C15H28O2/c1-6-14(5)15(16)17-11-10-13(4)9-7-8-12(2)3/h8,13-14H,6-7,9-11H2,1-5H3/t13-,14-/m1/s1. The van der Waals surface area contributed by atoms with E-state index in [1.807, 2.05) is 13.8 Å². The zero-order chi connectivity index (χ0) is 13.3. The molecule has 0 aliphatic rings. The number of hydrogen-bond acceptors (Lipinski definition) is 2. The zero-order valence-electron chi connectivity index (χ0n) is 12.1. The number of allylic oxidation sites excluding steroid dienone is 2. The second kappa shape index (κ2) is 9.26. The molecule has 0 aromatic heterocycles. The fraction of sp³-hybridized carbons (Fsp3) is 0.800. The molecule has 2 nitrogen and oxygen atoms in total. The van der Waals surface area contributed by atoms with Gasteiger partial charge in [0.25, 0.3) is 0 Å². The van der Waals surface area contributed by atoms with Crippen LogP contribution in [0.4, 0.5) is 0 Å². The molecule has 100 valence electrons. The molecule has 0 unspecified atom stereocenters. The Morgan fingerprint density at radius 3 is 2.41 bits per heavy atom. The molecule has 0 rings (SSSR count). The maximum atomic E-state index is 11.4. The highest BCUT2D eigenvalue weighted by molar-refractivity contribution is 5.71. The van der Waals surface area contributed by atoms with E-state index in [1.54, 1.807) is 0 Å². The Bertz CT molecular complexity index is 239. The van der Waals surface area contributed by atoms with E-state index in [0.717, 1.165) is 19.3 Å². The molecule has 0 fully saturated rings. The van der Waals surface area contributed by atoms with Gasteiger partial charge in [0.1, 0.15) is 0 Å². The molecule has 0 bridgehead atoms. The number of rotatable bonds is 8. The van der Waals surface area contributed by atoms with Crippen LogP contribution in [-0.4, -0.2) is 12.6 Å². The van der Waals surface area contributed by atoms with Crippen LogP contribution in [0.1, 0.15) is 60.3 Å². The van der Waals surface area contributed by atoms with Crippen molar-refractivity contribution in [2.24, 2.45) is 11.8 Å². The Labute approximate surface area is 106 Å². The SMILES string of the molecule is CC[C@@H](C)C(=O)OCC[C@H](C)CCC=C(C)C. The van der Waals surface area contributed by atoms with E-state index in [1.165, 1.54) is 12.0 Å². The third-order valence-corrected chi connectivity index (χ3v) is 3.08. The van der Waals surface area contributed by atoms with Crippen molar-refractivity contribution in [3.8, 4) is 0 Å². The van der Waals surface area contributed by atoms with Gasteiger partial charge in [-0.15, -0.1) is 0 Å². The second-order valence-corrected chi connectivity index (χ2v) is 5.23. The van der Waals surface area contributed by atoms with Crippen molar-refractivity contribution >= 4 is 5.97 Å². The minimum absolute atomic E-state index is 0.0379. The maximum absolute atomic E-state index is 11.4. The minimum Gasteiger partial charge on any atom is -0.465 e. The van der Waals surface area contributed by atoms with Gasteiger partial charge in [-0.1, -0.05) is 32.4 Å². The maximum Gasteiger partial charge on any atom is 0.308 e. The van der Waals surface area contributed by atoms with Gasteiger partial charge in [0.2, 0.25) is 0 Å². The summed E-state index contributed by atoms with van der Waals surface area (Å²) < 4.78 is 5.24. The van der Waals surface area contributed by atoms with Gasteiger partial charge < -0.3 is 4.74 Å². The molecule has 0 spiro atoms. The molecule has 2 atom stereocenters. The third-order valence-electron chi connectivity index (χ3n) is 3.08. The van der Waals surface area contributed by atoms with Crippen LogP contribution < -0.4 is 0 Å². The van der Waals surface area contributed by atoms with E-state index in [9.17, 15) is 4.79 Å². The molecule has 2 heteroatoms. The topological polar surface area (TPSA) is 26.3 Å². The first-order valence-corrected chi connectivity index (χ1v) is 6.77. The summed E-state index contributed by atoms with van der Waals surface area (Å²) in [6.45, 7) is 11.0. The van der Waals surface area contributed by atoms with Gasteiger partial charge in [-0.05, 0) is 45.4 Å². The molecule has 0 heterocycles. The smallest absolute Gasteiger partial charge is 0.308 e. The van der Waals surface area contributed by atoms with Crippen molar-refractivity contribution < 1.29 is 9.53 Å². The molecule has 0 saturated heterocycles. The van der Waals surface area contributed by atoms with Gasteiger partial charge in [-0.2, -0.15) is 0 Å². The summed E-state index contributed by atoms with van der Waals surface area (Å²) >= 11 is 0. The average molecular weight is 240 g/mol. The van der Waals surface area contributed by atoms with Gasteiger partial charge in [-0.25, -0.2) is 0 Å². The van der Waals surface area contributed by atoms with E-state index in [4.69, 9.17) is 4.74 Å². The molecular formula is C15H28O2. The van der Waals surface area contributed by atoms with Crippen LogP contribution in [0.25, 0.3) is 0 Å². The van der Waals surface area contributed by atoms with Crippen LogP contribution in [0.5, 0.6) is 0 Å². The average Bonchev–Trinajstić information content (AvgIpc) is 2.27. The highest BCUT2D eigenvalue weighted by atomic mass is 16.5. The Morgan fingerprint density at radius 2 is 1.88 bits per heavy atom. The molecule has 0 saturated carbocycles. The Kier molecular flexibility index (Phi) is 8.83. The number of hydrogen-bond donors (Lipinski definition) is 0. The molecule has 0 aliphatic carbocycles. The minimum atomic E-state index is -0.0519. The Morgan fingerprint density at radius 1 is 1.24 bits per heavy atom. The normalized spacial score (nSPS) is 13.9. The van der Waals surface area contributed by atoms with Crippen molar-refractivity contribution in [3.05, 3.63) is 11.6 Å². The van der Waals surface area contributed by atoms with Crippen molar-refractivity contribution in [1.29, 1.82) is 0 Å². The number of ether oxygens (including phenoxy) is 1. The van der Waals surface area contributed by atoms with Crippen molar-refractivity contribution in [3.63, 3.8) is 0 Å². The van der Waals surface area contributed by atoms with Gasteiger partial charge >= 0.3 is 5.97 Å². The first-order valence-electron chi connectivity index (χ1n) is 6.77. The third kappa shape index (κ3) is 8.96. The number of carbonyl (C=O) groups is 1. The van der Waals surface area contributed by atoms with Gasteiger partial charge in [-0.3, -0.25) is 4.79 Å². The highest BCUT2D eigenvalue weighted by Gasteiger charge is 2.12. The molecule has 17 heavy (non-hydrogen) atoms. The lowest BCUT2D eigenvalue weighted by Crippen LogP contribution is -2.15. The molecule has 0 radical (unpaired) electrons. The highest BCUT2D eigenvalue weighted by Crippen LogP contribution is 2.12. The van der Waals surface area contributed by atoms with Gasteiger partial charge in [0, 0.05) is 0 Å². The van der Waals surface area contributed by atoms with Crippen LogP contribution in [-0.2, 0) is 9.53 Å². The number of carbonyl (C=O) groups excluding carboxylic acids is 1. The molecule has 0 amide bonds. The summed E-state index contributed by atoms with van der Waals surface area (Å²) in [5.41, 5.74) is 1.38. The van der Waals surface area contributed by atoms with Crippen molar-refractivity contribution in [2.75, 3.05) is 6.61 Å². The summed E-state index contributed by atoms with van der Waals surface area (Å²) in [5, 5.41) is 0. The predicted molar refractivity (Wildman–Crippen MR) is 72.9 cm³/mol. The van der Waals surface area contributed by atoms with Gasteiger partial charge in [0.05, 0.1) is 12.5 Å². The lowest BCUT2D eigenvalue weighted by Gasteiger charge is -2.12. The predicted octanol–water partition coefficient (Wildman–Crippen LogP) is 4.35.